The minimum absolute atomic E-state index is 0.376. The Bertz CT molecular complexity index is 1250. The summed E-state index contributed by atoms with van der Waals surface area (Å²) < 4.78 is 15.1. The largest absolute Gasteiger partial charge is 0.495 e. The fourth-order valence-electron chi connectivity index (χ4n) is 4.25. The van der Waals surface area contributed by atoms with Crippen LogP contribution < -0.4 is 5.46 Å². The first kappa shape index (κ1) is 19.2. The van der Waals surface area contributed by atoms with E-state index in [1.807, 2.05) is 6.08 Å². The van der Waals surface area contributed by atoms with Crippen LogP contribution in [0.5, 0.6) is 0 Å². The Hall–Kier alpha value is -2.82. The van der Waals surface area contributed by atoms with Crippen molar-refractivity contribution in [2.45, 2.75) is 38.9 Å². The van der Waals surface area contributed by atoms with E-state index in [2.05, 4.69) is 106 Å². The molecule has 0 bridgehead atoms. The van der Waals surface area contributed by atoms with Gasteiger partial charge in [0.1, 0.15) is 0 Å². The van der Waals surface area contributed by atoms with Crippen molar-refractivity contribution in [2.75, 3.05) is 0 Å². The van der Waals surface area contributed by atoms with Gasteiger partial charge in [0.2, 0.25) is 0 Å². The van der Waals surface area contributed by atoms with Gasteiger partial charge in [0.05, 0.1) is 22.2 Å². The molecule has 0 radical (unpaired) electrons. The molecule has 0 spiro atoms. The molecule has 0 unspecified atom stereocenters. The van der Waals surface area contributed by atoms with Gasteiger partial charge < -0.3 is 13.9 Å². The zero-order chi connectivity index (χ0) is 21.1. The van der Waals surface area contributed by atoms with Crippen molar-refractivity contribution in [1.82, 2.24) is 4.57 Å². The Kier molecular flexibility index (Phi) is 4.21. The molecule has 1 aliphatic heterocycles. The summed E-state index contributed by atoms with van der Waals surface area (Å²) in [5, 5.41) is 2.38. The van der Waals surface area contributed by atoms with E-state index in [0.717, 1.165) is 22.2 Å². The Morgan fingerprint density at radius 2 is 1.43 bits per heavy atom. The molecule has 150 valence electrons. The van der Waals surface area contributed by atoms with Gasteiger partial charge in [0.25, 0.3) is 0 Å². The predicted molar refractivity (Wildman–Crippen MR) is 127 cm³/mol. The normalized spacial score (nSPS) is 17.7. The van der Waals surface area contributed by atoms with Crippen molar-refractivity contribution >= 4 is 40.5 Å². The van der Waals surface area contributed by atoms with Crippen LogP contribution in [-0.2, 0) is 9.31 Å². The van der Waals surface area contributed by atoms with Crippen LogP contribution in [0.4, 0.5) is 0 Å². The average Bonchev–Trinajstić information content (AvgIpc) is 3.18. The fourth-order valence-corrected chi connectivity index (χ4v) is 4.25. The van der Waals surface area contributed by atoms with Gasteiger partial charge in [0, 0.05) is 16.5 Å². The molecule has 2 heterocycles. The highest BCUT2D eigenvalue weighted by molar-refractivity contribution is 6.66. The first-order valence-corrected chi connectivity index (χ1v) is 10.4. The lowest BCUT2D eigenvalue weighted by molar-refractivity contribution is 0.00578. The highest BCUT2D eigenvalue weighted by Gasteiger charge is 2.52. The molecule has 4 heteroatoms. The Morgan fingerprint density at radius 1 is 0.800 bits per heavy atom. The zero-order valence-corrected chi connectivity index (χ0v) is 18.0. The third-order valence-electron chi connectivity index (χ3n) is 6.62. The summed E-state index contributed by atoms with van der Waals surface area (Å²) in [4.78, 5) is 0. The van der Waals surface area contributed by atoms with Crippen LogP contribution in [0, 0.1) is 0 Å². The monoisotopic (exact) mass is 395 g/mol. The summed E-state index contributed by atoms with van der Waals surface area (Å²) in [6.45, 7) is 12.2. The Morgan fingerprint density at radius 3 is 2.10 bits per heavy atom. The smallest absolute Gasteiger partial charge is 0.399 e. The van der Waals surface area contributed by atoms with E-state index in [4.69, 9.17) is 9.31 Å². The standard InChI is InChI=1S/C26H26BNO2/c1-6-18-14-16-19(17-15-18)28-22-12-8-7-10-20(22)24-21(11-9-13-23(24)28)27-29-25(2,3)26(4,5)30-27/h6-17H,1H2,2-5H3. The Balaban J connectivity index is 1.77. The molecule has 1 aliphatic rings. The molecule has 3 aromatic carbocycles. The maximum atomic E-state index is 6.41. The van der Waals surface area contributed by atoms with Crippen molar-refractivity contribution < 1.29 is 9.31 Å². The second kappa shape index (κ2) is 6.59. The topological polar surface area (TPSA) is 23.4 Å². The maximum Gasteiger partial charge on any atom is 0.495 e. The number of nitrogens with zero attached hydrogens (tertiary/aromatic N) is 1. The summed E-state index contributed by atoms with van der Waals surface area (Å²) in [5.74, 6) is 0. The minimum atomic E-state index is -0.402. The van der Waals surface area contributed by atoms with E-state index < -0.39 is 7.12 Å². The van der Waals surface area contributed by atoms with Crippen LogP contribution in [0.1, 0.15) is 33.3 Å². The van der Waals surface area contributed by atoms with Gasteiger partial charge in [0.15, 0.2) is 0 Å². The molecule has 1 saturated heterocycles. The molecule has 0 N–H and O–H groups in total. The van der Waals surface area contributed by atoms with Crippen LogP contribution in [0.3, 0.4) is 0 Å². The number of hydrogen-bond donors (Lipinski definition) is 0. The van der Waals surface area contributed by atoms with Gasteiger partial charge in [-0.3, -0.25) is 0 Å². The number of aromatic nitrogens is 1. The van der Waals surface area contributed by atoms with Crippen molar-refractivity contribution in [1.29, 1.82) is 0 Å². The van der Waals surface area contributed by atoms with Gasteiger partial charge in [-0.2, -0.15) is 0 Å². The average molecular weight is 395 g/mol. The van der Waals surface area contributed by atoms with Crippen LogP contribution >= 0.6 is 0 Å². The molecule has 1 fully saturated rings. The number of rotatable bonds is 3. The van der Waals surface area contributed by atoms with E-state index in [-0.39, 0.29) is 11.2 Å². The third-order valence-corrected chi connectivity index (χ3v) is 6.62. The maximum absolute atomic E-state index is 6.41. The van der Waals surface area contributed by atoms with Crippen molar-refractivity contribution in [3.8, 4) is 5.69 Å². The minimum Gasteiger partial charge on any atom is -0.399 e. The molecule has 0 saturated carbocycles. The summed E-state index contributed by atoms with van der Waals surface area (Å²) in [6, 6.07) is 23.4. The molecule has 0 aliphatic carbocycles. The first-order valence-electron chi connectivity index (χ1n) is 10.4. The summed E-state index contributed by atoms with van der Waals surface area (Å²) in [5.41, 5.74) is 4.87. The van der Waals surface area contributed by atoms with E-state index in [1.54, 1.807) is 0 Å². The lowest BCUT2D eigenvalue weighted by Crippen LogP contribution is -2.41. The van der Waals surface area contributed by atoms with E-state index in [0.29, 0.717) is 0 Å². The molecule has 1 aromatic heterocycles. The molecule has 4 aromatic rings. The fraction of sp³-hybridized carbons (Fsp3) is 0.231. The molecule has 0 atom stereocenters. The van der Waals surface area contributed by atoms with Gasteiger partial charge >= 0.3 is 7.12 Å². The molecular weight excluding hydrogens is 369 g/mol. The van der Waals surface area contributed by atoms with Gasteiger partial charge in [-0.25, -0.2) is 0 Å². The predicted octanol–water partition coefficient (Wildman–Crippen LogP) is 5.73. The highest BCUT2D eigenvalue weighted by atomic mass is 16.7. The van der Waals surface area contributed by atoms with Crippen molar-refractivity contribution in [3.63, 3.8) is 0 Å². The SMILES string of the molecule is C=Cc1ccc(-n2c3ccccc3c3c(B4OC(C)(C)C(C)(C)O4)cccc32)cc1. The van der Waals surface area contributed by atoms with E-state index in [9.17, 15) is 0 Å². The summed E-state index contributed by atoms with van der Waals surface area (Å²) in [6.07, 6.45) is 1.87. The lowest BCUT2D eigenvalue weighted by Gasteiger charge is -2.32. The number of hydrogen-bond acceptors (Lipinski definition) is 2. The molecule has 30 heavy (non-hydrogen) atoms. The van der Waals surface area contributed by atoms with E-state index >= 15 is 0 Å². The molecule has 0 amide bonds. The van der Waals surface area contributed by atoms with Gasteiger partial charge in [-0.05, 0) is 63.0 Å². The molecule has 3 nitrogen and oxygen atoms in total. The van der Waals surface area contributed by atoms with Crippen LogP contribution in [-0.4, -0.2) is 22.9 Å². The third kappa shape index (κ3) is 2.75. The second-order valence-corrected chi connectivity index (χ2v) is 8.98. The zero-order valence-electron chi connectivity index (χ0n) is 18.0. The number of benzene rings is 3. The van der Waals surface area contributed by atoms with Crippen LogP contribution in [0.2, 0.25) is 0 Å². The number of fused-ring (bicyclic) bond motifs is 3. The quantitative estimate of drug-likeness (QED) is 0.414. The van der Waals surface area contributed by atoms with Crippen LogP contribution in [0.25, 0.3) is 33.6 Å². The molecular formula is C26H26BNO2. The summed E-state index contributed by atoms with van der Waals surface area (Å²) >= 11 is 0. The first-order chi connectivity index (χ1) is 14.3. The van der Waals surface area contributed by atoms with Crippen molar-refractivity contribution in [2.24, 2.45) is 0 Å². The summed E-state index contributed by atoms with van der Waals surface area (Å²) in [7, 11) is -0.402. The second-order valence-electron chi connectivity index (χ2n) is 8.98. The van der Waals surface area contributed by atoms with Crippen molar-refractivity contribution in [3.05, 3.63) is 78.9 Å². The van der Waals surface area contributed by atoms with Crippen LogP contribution in [0.15, 0.2) is 73.3 Å². The van der Waals surface area contributed by atoms with Gasteiger partial charge in [-0.1, -0.05) is 55.1 Å². The number of para-hydroxylation sites is 1. The Labute approximate surface area is 178 Å². The van der Waals surface area contributed by atoms with E-state index in [1.165, 1.54) is 16.3 Å². The highest BCUT2D eigenvalue weighted by Crippen LogP contribution is 2.38. The molecule has 5 rings (SSSR count). The lowest BCUT2D eigenvalue weighted by atomic mass is 9.76. The van der Waals surface area contributed by atoms with Gasteiger partial charge in [-0.15, -0.1) is 0 Å².